The molecule has 1 aliphatic heterocycles. The molecule has 18 heavy (non-hydrogen) atoms. The van der Waals surface area contributed by atoms with Crippen molar-refractivity contribution in [2.45, 2.75) is 58.2 Å². The van der Waals surface area contributed by atoms with Crippen LogP contribution in [-0.2, 0) is 0 Å². The molecular formula is C16H24N2. The highest BCUT2D eigenvalue weighted by atomic mass is 15.3. The van der Waals surface area contributed by atoms with Crippen LogP contribution in [0.25, 0.3) is 0 Å². The highest BCUT2D eigenvalue weighted by Gasteiger charge is 2.38. The Hall–Kier alpha value is -1.02. The Bertz CT molecular complexity index is 416. The van der Waals surface area contributed by atoms with Crippen LogP contribution in [0.15, 0.2) is 18.2 Å². The van der Waals surface area contributed by atoms with Gasteiger partial charge in [0.15, 0.2) is 0 Å². The molecule has 98 valence electrons. The minimum Gasteiger partial charge on any atom is -0.381 e. The maximum atomic E-state index is 3.72. The number of hydrogen-bond donors (Lipinski definition) is 1. The summed E-state index contributed by atoms with van der Waals surface area (Å²) in [7, 11) is 0. The predicted molar refractivity (Wildman–Crippen MR) is 77.1 cm³/mol. The number of anilines is 1. The van der Waals surface area contributed by atoms with E-state index in [0.29, 0.717) is 6.04 Å². The first kappa shape index (κ1) is 12.0. The number of benzene rings is 1. The third kappa shape index (κ3) is 2.54. The van der Waals surface area contributed by atoms with E-state index in [1.807, 2.05) is 0 Å². The zero-order valence-electron chi connectivity index (χ0n) is 11.7. The third-order valence-electron chi connectivity index (χ3n) is 4.23. The second-order valence-corrected chi connectivity index (χ2v) is 6.23. The van der Waals surface area contributed by atoms with Gasteiger partial charge in [0.1, 0.15) is 0 Å². The van der Waals surface area contributed by atoms with E-state index >= 15 is 0 Å². The summed E-state index contributed by atoms with van der Waals surface area (Å²) in [4.78, 5) is 2.69. The molecule has 1 aromatic rings. The normalized spacial score (nSPS) is 28.6. The van der Waals surface area contributed by atoms with Crippen LogP contribution in [0.2, 0.25) is 0 Å². The van der Waals surface area contributed by atoms with Crippen molar-refractivity contribution in [1.29, 1.82) is 0 Å². The van der Waals surface area contributed by atoms with Gasteiger partial charge in [0.2, 0.25) is 0 Å². The van der Waals surface area contributed by atoms with Crippen molar-refractivity contribution in [1.82, 2.24) is 4.90 Å². The molecule has 1 saturated carbocycles. The van der Waals surface area contributed by atoms with Gasteiger partial charge in [0.25, 0.3) is 0 Å². The molecule has 2 nitrogen and oxygen atoms in total. The fraction of sp³-hybridized carbons (Fsp3) is 0.625. The molecule has 1 heterocycles. The standard InChI is InChI=1S/C16H24N2/c1-11-6-12(2)8-14(7-11)17-15-9-13(3)18(10-15)16-4-5-16/h6-8,13,15-17H,4-5,9-10H2,1-3H3. The molecule has 0 radical (unpaired) electrons. The van der Waals surface area contributed by atoms with Crippen molar-refractivity contribution >= 4 is 5.69 Å². The van der Waals surface area contributed by atoms with Crippen LogP contribution in [0, 0.1) is 13.8 Å². The smallest absolute Gasteiger partial charge is 0.0403 e. The van der Waals surface area contributed by atoms with Crippen molar-refractivity contribution in [3.8, 4) is 0 Å². The summed E-state index contributed by atoms with van der Waals surface area (Å²) in [6, 6.07) is 9.03. The van der Waals surface area contributed by atoms with Gasteiger partial charge in [-0.15, -0.1) is 0 Å². The number of hydrogen-bond acceptors (Lipinski definition) is 2. The van der Waals surface area contributed by atoms with Crippen LogP contribution in [0.1, 0.15) is 37.3 Å². The van der Waals surface area contributed by atoms with E-state index in [1.165, 1.54) is 42.6 Å². The SMILES string of the molecule is Cc1cc(C)cc(NC2CC(C)N(C3CC3)C2)c1. The molecule has 1 aliphatic carbocycles. The topological polar surface area (TPSA) is 15.3 Å². The molecule has 0 bridgehead atoms. The zero-order valence-corrected chi connectivity index (χ0v) is 11.7. The van der Waals surface area contributed by atoms with Gasteiger partial charge in [0.05, 0.1) is 0 Å². The van der Waals surface area contributed by atoms with Gasteiger partial charge in [0, 0.05) is 30.4 Å². The molecule has 0 aromatic heterocycles. The Morgan fingerprint density at radius 3 is 2.39 bits per heavy atom. The largest absolute Gasteiger partial charge is 0.381 e. The molecule has 2 aliphatic rings. The van der Waals surface area contributed by atoms with Gasteiger partial charge in [-0.25, -0.2) is 0 Å². The van der Waals surface area contributed by atoms with Crippen LogP contribution in [0.5, 0.6) is 0 Å². The number of nitrogens with one attached hydrogen (secondary N) is 1. The van der Waals surface area contributed by atoms with E-state index in [4.69, 9.17) is 0 Å². The quantitative estimate of drug-likeness (QED) is 0.877. The Labute approximate surface area is 110 Å². The predicted octanol–water partition coefficient (Wildman–Crippen LogP) is 3.34. The van der Waals surface area contributed by atoms with Gasteiger partial charge in [-0.1, -0.05) is 6.07 Å². The Balaban J connectivity index is 1.66. The fourth-order valence-corrected chi connectivity index (χ4v) is 3.37. The minimum absolute atomic E-state index is 0.627. The van der Waals surface area contributed by atoms with E-state index < -0.39 is 0 Å². The van der Waals surface area contributed by atoms with Gasteiger partial charge in [-0.05, 0) is 63.3 Å². The molecule has 0 spiro atoms. The van der Waals surface area contributed by atoms with Crippen LogP contribution in [0.4, 0.5) is 5.69 Å². The zero-order chi connectivity index (χ0) is 12.7. The molecule has 0 amide bonds. The Kier molecular flexibility index (Phi) is 3.06. The summed E-state index contributed by atoms with van der Waals surface area (Å²) in [5, 5.41) is 3.72. The van der Waals surface area contributed by atoms with Crippen LogP contribution < -0.4 is 5.32 Å². The molecule has 2 atom stereocenters. The van der Waals surface area contributed by atoms with Crippen LogP contribution in [0.3, 0.4) is 0 Å². The lowest BCUT2D eigenvalue weighted by molar-refractivity contribution is 0.257. The summed E-state index contributed by atoms with van der Waals surface area (Å²) in [5.41, 5.74) is 3.99. The first-order valence-corrected chi connectivity index (χ1v) is 7.22. The summed E-state index contributed by atoms with van der Waals surface area (Å²) < 4.78 is 0. The second-order valence-electron chi connectivity index (χ2n) is 6.23. The summed E-state index contributed by atoms with van der Waals surface area (Å²) in [6.07, 6.45) is 4.12. The van der Waals surface area contributed by atoms with Gasteiger partial charge in [-0.3, -0.25) is 4.90 Å². The second kappa shape index (κ2) is 4.58. The van der Waals surface area contributed by atoms with Crippen LogP contribution in [-0.4, -0.2) is 29.6 Å². The van der Waals surface area contributed by atoms with Gasteiger partial charge < -0.3 is 5.32 Å². The van der Waals surface area contributed by atoms with Crippen molar-refractivity contribution < 1.29 is 0 Å². The summed E-state index contributed by atoms with van der Waals surface area (Å²) in [6.45, 7) is 7.94. The number of likely N-dealkylation sites (tertiary alicyclic amines) is 1. The number of aryl methyl sites for hydroxylation is 2. The maximum Gasteiger partial charge on any atom is 0.0403 e. The Morgan fingerprint density at radius 2 is 1.78 bits per heavy atom. The van der Waals surface area contributed by atoms with E-state index in [2.05, 4.69) is 49.2 Å². The lowest BCUT2D eigenvalue weighted by Crippen LogP contribution is -2.31. The Morgan fingerprint density at radius 1 is 1.11 bits per heavy atom. The molecule has 2 fully saturated rings. The molecule has 1 aromatic carbocycles. The molecule has 2 heteroatoms. The molecule has 3 rings (SSSR count). The average molecular weight is 244 g/mol. The minimum atomic E-state index is 0.627. The van der Waals surface area contributed by atoms with E-state index in [0.717, 1.165) is 12.1 Å². The number of rotatable bonds is 3. The van der Waals surface area contributed by atoms with Crippen LogP contribution >= 0.6 is 0 Å². The van der Waals surface area contributed by atoms with Crippen molar-refractivity contribution in [2.24, 2.45) is 0 Å². The van der Waals surface area contributed by atoms with Crippen molar-refractivity contribution in [3.05, 3.63) is 29.3 Å². The molecule has 1 N–H and O–H groups in total. The first-order chi connectivity index (χ1) is 8.61. The highest BCUT2D eigenvalue weighted by molar-refractivity contribution is 5.49. The van der Waals surface area contributed by atoms with E-state index in [1.54, 1.807) is 0 Å². The highest BCUT2D eigenvalue weighted by Crippen LogP contribution is 2.34. The monoisotopic (exact) mass is 244 g/mol. The summed E-state index contributed by atoms with van der Waals surface area (Å²) >= 11 is 0. The lowest BCUT2D eigenvalue weighted by Gasteiger charge is -2.20. The third-order valence-corrected chi connectivity index (χ3v) is 4.23. The lowest BCUT2D eigenvalue weighted by atomic mass is 10.1. The first-order valence-electron chi connectivity index (χ1n) is 7.22. The maximum absolute atomic E-state index is 3.72. The fourth-order valence-electron chi connectivity index (χ4n) is 3.37. The van der Waals surface area contributed by atoms with Crippen molar-refractivity contribution in [3.63, 3.8) is 0 Å². The van der Waals surface area contributed by atoms with E-state index in [9.17, 15) is 0 Å². The van der Waals surface area contributed by atoms with E-state index in [-0.39, 0.29) is 0 Å². The molecule has 1 saturated heterocycles. The molecule has 2 unspecified atom stereocenters. The number of nitrogens with zero attached hydrogens (tertiary/aromatic N) is 1. The van der Waals surface area contributed by atoms with Gasteiger partial charge >= 0.3 is 0 Å². The van der Waals surface area contributed by atoms with Gasteiger partial charge in [-0.2, -0.15) is 0 Å². The van der Waals surface area contributed by atoms with Crippen molar-refractivity contribution in [2.75, 3.05) is 11.9 Å². The molecular weight excluding hydrogens is 220 g/mol. The summed E-state index contributed by atoms with van der Waals surface area (Å²) in [5.74, 6) is 0. The average Bonchev–Trinajstić information content (AvgIpc) is 3.02.